The van der Waals surface area contributed by atoms with Gasteiger partial charge in [-0.25, -0.2) is 4.98 Å². The van der Waals surface area contributed by atoms with E-state index in [1.54, 1.807) is 6.07 Å². The summed E-state index contributed by atoms with van der Waals surface area (Å²) in [4.78, 5) is 16.4. The molecule has 0 bridgehead atoms. The molecule has 1 aromatic heterocycles. The van der Waals surface area contributed by atoms with Crippen molar-refractivity contribution in [3.05, 3.63) is 28.4 Å². The number of ether oxygens (including phenoxy) is 1. The lowest BCUT2D eigenvalue weighted by Crippen LogP contribution is -2.23. The molecule has 2 aliphatic rings. The number of pyridine rings is 1. The first-order valence-electron chi connectivity index (χ1n) is 6.67. The maximum Gasteiger partial charge on any atom is 0.287 e. The first-order chi connectivity index (χ1) is 9.24. The third kappa shape index (κ3) is 2.84. The molecule has 0 saturated carbocycles. The summed E-state index contributed by atoms with van der Waals surface area (Å²) in [5, 5.41) is 10.5. The minimum atomic E-state index is -0.427. The normalized spacial score (nSPS) is 24.6. The van der Waals surface area contributed by atoms with Gasteiger partial charge in [-0.2, -0.15) is 0 Å². The Labute approximate surface area is 112 Å². The number of hydrogen-bond donors (Lipinski definition) is 0. The molecule has 1 aromatic rings. The number of fused-ring (bicyclic) bond motifs is 1. The summed E-state index contributed by atoms with van der Waals surface area (Å²) in [5.74, 6) is 2.00. The van der Waals surface area contributed by atoms with Gasteiger partial charge >= 0.3 is 0 Å². The zero-order valence-corrected chi connectivity index (χ0v) is 11.3. The van der Waals surface area contributed by atoms with Crippen LogP contribution in [0.2, 0.25) is 0 Å². The van der Waals surface area contributed by atoms with E-state index in [0.29, 0.717) is 11.8 Å². The molecule has 3 heterocycles. The molecule has 19 heavy (non-hydrogen) atoms. The van der Waals surface area contributed by atoms with E-state index in [1.165, 1.54) is 12.3 Å². The highest BCUT2D eigenvalue weighted by Gasteiger charge is 2.37. The van der Waals surface area contributed by atoms with E-state index in [-0.39, 0.29) is 5.69 Å². The van der Waals surface area contributed by atoms with E-state index in [9.17, 15) is 10.1 Å². The molecule has 2 fully saturated rings. The molecule has 0 amide bonds. The second-order valence-electron chi connectivity index (χ2n) is 4.59. The summed E-state index contributed by atoms with van der Waals surface area (Å²) in [6.45, 7) is 7.53. The lowest BCUT2D eigenvalue weighted by atomic mass is 10.0. The van der Waals surface area contributed by atoms with Gasteiger partial charge in [-0.1, -0.05) is 13.8 Å². The number of aromatic nitrogens is 1. The van der Waals surface area contributed by atoms with E-state index >= 15 is 0 Å². The molecule has 2 atom stereocenters. The Morgan fingerprint density at radius 2 is 1.95 bits per heavy atom. The van der Waals surface area contributed by atoms with Crippen molar-refractivity contribution < 1.29 is 9.66 Å². The average Bonchev–Trinajstić information content (AvgIpc) is 3.02. The minimum absolute atomic E-state index is 0.0384. The van der Waals surface area contributed by atoms with Crippen molar-refractivity contribution in [2.45, 2.75) is 13.8 Å². The van der Waals surface area contributed by atoms with E-state index in [4.69, 9.17) is 4.74 Å². The van der Waals surface area contributed by atoms with Crippen LogP contribution in [0.1, 0.15) is 13.8 Å². The van der Waals surface area contributed by atoms with Gasteiger partial charge in [0.15, 0.2) is 0 Å². The molecule has 0 radical (unpaired) electrons. The SMILES string of the molecule is CC.O=[N+]([O-])c1ccc(N2CC3COCC3C2)nc1. The molecule has 2 saturated heterocycles. The smallest absolute Gasteiger partial charge is 0.287 e. The van der Waals surface area contributed by atoms with Gasteiger partial charge in [-0.15, -0.1) is 0 Å². The van der Waals surface area contributed by atoms with Crippen LogP contribution in [0.15, 0.2) is 18.3 Å². The first-order valence-corrected chi connectivity index (χ1v) is 6.67. The van der Waals surface area contributed by atoms with Crippen LogP contribution in [0.4, 0.5) is 11.5 Å². The zero-order chi connectivity index (χ0) is 13.8. The van der Waals surface area contributed by atoms with Gasteiger partial charge < -0.3 is 9.64 Å². The van der Waals surface area contributed by atoms with Crippen molar-refractivity contribution in [3.63, 3.8) is 0 Å². The Balaban J connectivity index is 0.000000637. The predicted octanol–water partition coefficient (Wildman–Crippen LogP) is 2.10. The van der Waals surface area contributed by atoms with Crippen molar-refractivity contribution in [1.82, 2.24) is 4.98 Å². The Morgan fingerprint density at radius 1 is 1.32 bits per heavy atom. The van der Waals surface area contributed by atoms with Crippen molar-refractivity contribution in [2.24, 2.45) is 11.8 Å². The molecule has 6 nitrogen and oxygen atoms in total. The van der Waals surface area contributed by atoms with Crippen molar-refractivity contribution in [1.29, 1.82) is 0 Å². The fourth-order valence-electron chi connectivity index (χ4n) is 2.55. The molecule has 2 aliphatic heterocycles. The summed E-state index contributed by atoms with van der Waals surface area (Å²) in [6.07, 6.45) is 1.32. The first kappa shape index (κ1) is 13.7. The fourth-order valence-corrected chi connectivity index (χ4v) is 2.55. The monoisotopic (exact) mass is 265 g/mol. The summed E-state index contributed by atoms with van der Waals surface area (Å²) >= 11 is 0. The number of hydrogen-bond acceptors (Lipinski definition) is 5. The third-order valence-electron chi connectivity index (χ3n) is 3.51. The molecule has 104 valence electrons. The predicted molar refractivity (Wildman–Crippen MR) is 72.3 cm³/mol. The van der Waals surface area contributed by atoms with Crippen LogP contribution in [0, 0.1) is 22.0 Å². The molecule has 0 aliphatic carbocycles. The highest BCUT2D eigenvalue weighted by atomic mass is 16.6. The second-order valence-corrected chi connectivity index (χ2v) is 4.59. The van der Waals surface area contributed by atoms with Gasteiger partial charge in [0.25, 0.3) is 5.69 Å². The van der Waals surface area contributed by atoms with Gasteiger partial charge in [-0.3, -0.25) is 10.1 Å². The van der Waals surface area contributed by atoms with Gasteiger partial charge in [-0.05, 0) is 6.07 Å². The lowest BCUT2D eigenvalue weighted by Gasteiger charge is -2.17. The zero-order valence-electron chi connectivity index (χ0n) is 11.3. The standard InChI is InChI=1S/C11H13N3O3.C2H6/c15-14(16)10-1-2-11(12-3-10)13-4-8-6-17-7-9(8)5-13;1-2/h1-3,8-9H,4-7H2;1-2H3. The molecule has 0 N–H and O–H groups in total. The van der Waals surface area contributed by atoms with Crippen LogP contribution in [0.3, 0.4) is 0 Å². The number of nitro groups is 1. The summed E-state index contributed by atoms with van der Waals surface area (Å²) in [7, 11) is 0. The maximum atomic E-state index is 10.5. The Bertz CT molecular complexity index is 423. The van der Waals surface area contributed by atoms with Gasteiger partial charge in [0.2, 0.25) is 0 Å². The van der Waals surface area contributed by atoms with E-state index in [0.717, 1.165) is 32.1 Å². The molecule has 3 rings (SSSR count). The molecule has 0 spiro atoms. The highest BCUT2D eigenvalue weighted by Crippen LogP contribution is 2.31. The lowest BCUT2D eigenvalue weighted by molar-refractivity contribution is -0.385. The number of anilines is 1. The van der Waals surface area contributed by atoms with E-state index in [2.05, 4.69) is 9.88 Å². The second kappa shape index (κ2) is 5.97. The Kier molecular flexibility index (Phi) is 4.31. The summed E-state index contributed by atoms with van der Waals surface area (Å²) in [6, 6.07) is 3.23. The van der Waals surface area contributed by atoms with Crippen molar-refractivity contribution in [3.8, 4) is 0 Å². The average molecular weight is 265 g/mol. The number of rotatable bonds is 2. The Morgan fingerprint density at radius 3 is 2.42 bits per heavy atom. The quantitative estimate of drug-likeness (QED) is 0.605. The highest BCUT2D eigenvalue weighted by molar-refractivity contribution is 5.44. The van der Waals surface area contributed by atoms with E-state index in [1.807, 2.05) is 13.8 Å². The minimum Gasteiger partial charge on any atom is -0.381 e. The maximum absolute atomic E-state index is 10.5. The van der Waals surface area contributed by atoms with Crippen LogP contribution in [-0.4, -0.2) is 36.2 Å². The topological polar surface area (TPSA) is 68.5 Å². The van der Waals surface area contributed by atoms with Gasteiger partial charge in [0.05, 0.1) is 18.1 Å². The molecular formula is C13H19N3O3. The molecule has 6 heteroatoms. The van der Waals surface area contributed by atoms with Crippen LogP contribution in [0.5, 0.6) is 0 Å². The largest absolute Gasteiger partial charge is 0.381 e. The van der Waals surface area contributed by atoms with Crippen molar-refractivity contribution >= 4 is 11.5 Å². The van der Waals surface area contributed by atoms with Crippen molar-refractivity contribution in [2.75, 3.05) is 31.2 Å². The van der Waals surface area contributed by atoms with Crippen LogP contribution in [-0.2, 0) is 4.74 Å². The van der Waals surface area contributed by atoms with Crippen LogP contribution in [0.25, 0.3) is 0 Å². The third-order valence-corrected chi connectivity index (χ3v) is 3.51. The summed E-state index contributed by atoms with van der Waals surface area (Å²) in [5.41, 5.74) is 0.0384. The summed E-state index contributed by atoms with van der Waals surface area (Å²) < 4.78 is 5.41. The fraction of sp³-hybridized carbons (Fsp3) is 0.615. The molecular weight excluding hydrogens is 246 g/mol. The van der Waals surface area contributed by atoms with Crippen LogP contribution < -0.4 is 4.90 Å². The van der Waals surface area contributed by atoms with Crippen LogP contribution >= 0.6 is 0 Å². The van der Waals surface area contributed by atoms with Gasteiger partial charge in [0.1, 0.15) is 12.0 Å². The molecule has 2 unspecified atom stereocenters. The molecule has 0 aromatic carbocycles. The Hall–Kier alpha value is -1.69. The van der Waals surface area contributed by atoms with Gasteiger partial charge in [0, 0.05) is 31.0 Å². The van der Waals surface area contributed by atoms with E-state index < -0.39 is 4.92 Å². The number of nitrogens with zero attached hydrogens (tertiary/aromatic N) is 3.